The molecular weight excluding hydrogens is 284 g/mol. The molecule has 1 aromatic rings. The number of rotatable bonds is 4. The first-order valence-electron chi connectivity index (χ1n) is 7.44. The maximum atomic E-state index is 12.5. The molecule has 6 nitrogen and oxygen atoms in total. The lowest BCUT2D eigenvalue weighted by atomic mass is 9.75. The third-order valence-corrected chi connectivity index (χ3v) is 4.21. The van der Waals surface area contributed by atoms with Gasteiger partial charge in [0.05, 0.1) is 26.1 Å². The zero-order valence-corrected chi connectivity index (χ0v) is 13.3. The third kappa shape index (κ3) is 3.37. The Labute approximate surface area is 130 Å². The molecule has 1 N–H and O–H groups in total. The monoisotopic (exact) mass is 306 g/mol. The number of amides is 1. The summed E-state index contributed by atoms with van der Waals surface area (Å²) in [4.78, 5) is 28.3. The second kappa shape index (κ2) is 6.77. The summed E-state index contributed by atoms with van der Waals surface area (Å²) in [6.45, 7) is 1.99. The quantitative estimate of drug-likeness (QED) is 0.865. The molecule has 0 aromatic carbocycles. The van der Waals surface area contributed by atoms with Crippen molar-refractivity contribution in [2.45, 2.75) is 39.0 Å². The highest BCUT2D eigenvalue weighted by Crippen LogP contribution is 2.36. The number of hydrogen-bond donors (Lipinski definition) is 1. The van der Waals surface area contributed by atoms with Crippen molar-refractivity contribution in [3.05, 3.63) is 17.8 Å². The van der Waals surface area contributed by atoms with Crippen molar-refractivity contribution in [2.24, 2.45) is 5.41 Å². The summed E-state index contributed by atoms with van der Waals surface area (Å²) in [5.74, 6) is -0.409. The largest absolute Gasteiger partial charge is 0.480 e. The van der Waals surface area contributed by atoms with Crippen LogP contribution >= 0.6 is 0 Å². The normalized spacial score (nSPS) is 16.7. The average Bonchev–Trinajstić information content (AvgIpc) is 2.54. The number of nitrogens with one attached hydrogen (secondary N) is 1. The summed E-state index contributed by atoms with van der Waals surface area (Å²) in [5.41, 5.74) is 0.304. The maximum absolute atomic E-state index is 12.5. The van der Waals surface area contributed by atoms with E-state index >= 15 is 0 Å². The molecular formula is C16H22N2O4. The van der Waals surface area contributed by atoms with E-state index < -0.39 is 5.97 Å². The number of methoxy groups -OCH3 is 2. The summed E-state index contributed by atoms with van der Waals surface area (Å²) in [6.07, 6.45) is 6.56. The van der Waals surface area contributed by atoms with Gasteiger partial charge in [0.25, 0.3) is 0 Å². The van der Waals surface area contributed by atoms with Crippen molar-refractivity contribution < 1.29 is 19.1 Å². The molecule has 0 spiro atoms. The Morgan fingerprint density at radius 1 is 1.23 bits per heavy atom. The maximum Gasteiger partial charge on any atom is 0.343 e. The predicted octanol–water partition coefficient (Wildman–Crippen LogP) is 2.79. The number of pyridine rings is 1. The van der Waals surface area contributed by atoms with Crippen LogP contribution in [-0.2, 0) is 9.53 Å². The van der Waals surface area contributed by atoms with Gasteiger partial charge in [0.1, 0.15) is 5.56 Å². The second-order valence-electron chi connectivity index (χ2n) is 5.85. The molecule has 0 saturated heterocycles. The minimum absolute atomic E-state index is 0.0324. The lowest BCUT2D eigenvalue weighted by Gasteiger charge is -2.32. The van der Waals surface area contributed by atoms with E-state index in [0.717, 1.165) is 25.7 Å². The first-order valence-corrected chi connectivity index (χ1v) is 7.44. The summed E-state index contributed by atoms with van der Waals surface area (Å²) in [5, 5.41) is 2.86. The molecule has 1 aliphatic carbocycles. The van der Waals surface area contributed by atoms with E-state index in [0.29, 0.717) is 5.69 Å². The average molecular weight is 306 g/mol. The molecule has 0 unspecified atom stereocenters. The Balaban J connectivity index is 2.19. The van der Waals surface area contributed by atoms with Crippen molar-refractivity contribution >= 4 is 17.6 Å². The molecule has 22 heavy (non-hydrogen) atoms. The number of carbonyl (C=O) groups is 2. The van der Waals surface area contributed by atoms with Crippen LogP contribution in [-0.4, -0.2) is 31.1 Å². The van der Waals surface area contributed by atoms with Gasteiger partial charge in [-0.25, -0.2) is 9.78 Å². The number of aromatic nitrogens is 1. The van der Waals surface area contributed by atoms with Gasteiger partial charge in [0.2, 0.25) is 11.8 Å². The Kier molecular flexibility index (Phi) is 5.00. The van der Waals surface area contributed by atoms with E-state index in [9.17, 15) is 9.59 Å². The molecule has 120 valence electrons. The zero-order chi connectivity index (χ0) is 16.2. The number of esters is 1. The first kappa shape index (κ1) is 16.3. The molecule has 0 bridgehead atoms. The Bertz CT molecular complexity index is 565. The molecule has 1 amide bonds. The van der Waals surface area contributed by atoms with Crippen LogP contribution in [0.5, 0.6) is 5.88 Å². The lowest BCUT2D eigenvalue weighted by Crippen LogP contribution is -2.35. The molecule has 0 radical (unpaired) electrons. The van der Waals surface area contributed by atoms with Gasteiger partial charge in [-0.05, 0) is 18.9 Å². The minimum atomic E-state index is -0.552. The Morgan fingerprint density at radius 2 is 1.91 bits per heavy atom. The smallest absolute Gasteiger partial charge is 0.343 e. The number of carbonyl (C=O) groups excluding carboxylic acids is 2. The summed E-state index contributed by atoms with van der Waals surface area (Å²) >= 11 is 0. The predicted molar refractivity (Wildman–Crippen MR) is 82.0 cm³/mol. The number of nitrogens with zero attached hydrogens (tertiary/aromatic N) is 1. The van der Waals surface area contributed by atoms with Gasteiger partial charge in [-0.15, -0.1) is 0 Å². The lowest BCUT2D eigenvalue weighted by molar-refractivity contribution is -0.126. The highest BCUT2D eigenvalue weighted by molar-refractivity contribution is 5.97. The molecule has 1 saturated carbocycles. The fraction of sp³-hybridized carbons (Fsp3) is 0.562. The van der Waals surface area contributed by atoms with Crippen molar-refractivity contribution in [2.75, 3.05) is 19.5 Å². The van der Waals surface area contributed by atoms with Gasteiger partial charge in [-0.2, -0.15) is 0 Å². The molecule has 1 aromatic heterocycles. The molecule has 1 fully saturated rings. The van der Waals surface area contributed by atoms with Gasteiger partial charge >= 0.3 is 5.97 Å². The van der Waals surface area contributed by atoms with Crippen LogP contribution in [0.4, 0.5) is 5.69 Å². The third-order valence-electron chi connectivity index (χ3n) is 4.21. The standard InChI is InChI=1S/C16H22N2O4/c1-16(7-5-4-6-8-16)15(20)18-11-9-12(14(19)22-3)13(21-2)17-10-11/h9-10H,4-8H2,1-3H3,(H,18,20). The molecule has 2 rings (SSSR count). The van der Waals surface area contributed by atoms with E-state index in [1.165, 1.54) is 32.9 Å². The molecule has 0 aliphatic heterocycles. The van der Waals surface area contributed by atoms with Gasteiger partial charge in [-0.3, -0.25) is 4.79 Å². The van der Waals surface area contributed by atoms with Crippen molar-refractivity contribution in [3.63, 3.8) is 0 Å². The van der Waals surface area contributed by atoms with Gasteiger partial charge in [0.15, 0.2) is 0 Å². The van der Waals surface area contributed by atoms with E-state index in [-0.39, 0.29) is 22.8 Å². The molecule has 1 aliphatic rings. The van der Waals surface area contributed by atoms with Gasteiger partial charge < -0.3 is 14.8 Å². The second-order valence-corrected chi connectivity index (χ2v) is 5.85. The van der Waals surface area contributed by atoms with Crippen LogP contribution in [0.25, 0.3) is 0 Å². The first-order chi connectivity index (χ1) is 10.5. The van der Waals surface area contributed by atoms with Crippen LogP contribution in [0.15, 0.2) is 12.3 Å². The van der Waals surface area contributed by atoms with Gasteiger partial charge in [-0.1, -0.05) is 26.2 Å². The van der Waals surface area contributed by atoms with E-state index in [2.05, 4.69) is 10.3 Å². The van der Waals surface area contributed by atoms with Crippen LogP contribution in [0.2, 0.25) is 0 Å². The number of hydrogen-bond acceptors (Lipinski definition) is 5. The van der Waals surface area contributed by atoms with Crippen molar-refractivity contribution in [3.8, 4) is 5.88 Å². The summed E-state index contributed by atoms with van der Waals surface area (Å²) in [6, 6.07) is 1.53. The summed E-state index contributed by atoms with van der Waals surface area (Å²) < 4.78 is 9.74. The number of anilines is 1. The van der Waals surface area contributed by atoms with E-state index in [4.69, 9.17) is 9.47 Å². The zero-order valence-electron chi connectivity index (χ0n) is 13.3. The highest BCUT2D eigenvalue weighted by Gasteiger charge is 2.34. The van der Waals surface area contributed by atoms with E-state index in [1.54, 1.807) is 0 Å². The fourth-order valence-electron chi connectivity index (χ4n) is 2.78. The number of ether oxygens (including phenoxy) is 2. The van der Waals surface area contributed by atoms with Gasteiger partial charge in [0, 0.05) is 5.41 Å². The molecule has 0 atom stereocenters. The van der Waals surface area contributed by atoms with Crippen LogP contribution < -0.4 is 10.1 Å². The fourth-order valence-corrected chi connectivity index (χ4v) is 2.78. The topological polar surface area (TPSA) is 77.5 Å². The van der Waals surface area contributed by atoms with Crippen molar-refractivity contribution in [1.82, 2.24) is 4.98 Å². The highest BCUT2D eigenvalue weighted by atomic mass is 16.5. The Morgan fingerprint density at radius 3 is 2.50 bits per heavy atom. The van der Waals surface area contributed by atoms with E-state index in [1.807, 2.05) is 6.92 Å². The van der Waals surface area contributed by atoms with Crippen LogP contribution in [0.3, 0.4) is 0 Å². The minimum Gasteiger partial charge on any atom is -0.480 e. The van der Waals surface area contributed by atoms with Crippen LogP contribution in [0, 0.1) is 5.41 Å². The Hall–Kier alpha value is -2.11. The van der Waals surface area contributed by atoms with Crippen LogP contribution in [0.1, 0.15) is 49.4 Å². The van der Waals surface area contributed by atoms with Crippen molar-refractivity contribution in [1.29, 1.82) is 0 Å². The molecule has 1 heterocycles. The SMILES string of the molecule is COC(=O)c1cc(NC(=O)C2(C)CCCCC2)cnc1OC. The summed E-state index contributed by atoms with van der Waals surface area (Å²) in [7, 11) is 2.71. The molecule has 6 heteroatoms.